The first-order chi connectivity index (χ1) is 15.0. The van der Waals surface area contributed by atoms with Gasteiger partial charge < -0.3 is 20.0 Å². The zero-order chi connectivity index (χ0) is 22.2. The molecule has 1 N–H and O–H groups in total. The first kappa shape index (κ1) is 27.2. The van der Waals surface area contributed by atoms with Crippen LogP contribution in [-0.2, 0) is 11.2 Å². The number of hydrogen-bond acceptors (Lipinski definition) is 3. The van der Waals surface area contributed by atoms with Crippen LogP contribution in [-0.4, -0.2) is 85.0 Å². The van der Waals surface area contributed by atoms with E-state index in [0.717, 1.165) is 57.3 Å². The van der Waals surface area contributed by atoms with Crippen LogP contribution in [0.4, 0.5) is 0 Å². The molecule has 1 aromatic carbocycles. The van der Waals surface area contributed by atoms with Gasteiger partial charge in [0.2, 0.25) is 5.91 Å². The quantitative estimate of drug-likeness (QED) is 0.319. The molecular weight excluding hydrogens is 537 g/mol. The lowest BCUT2D eigenvalue weighted by Gasteiger charge is -2.37. The van der Waals surface area contributed by atoms with E-state index < -0.39 is 0 Å². The van der Waals surface area contributed by atoms with Gasteiger partial charge in [0.05, 0.1) is 6.42 Å². The normalized spacial score (nSPS) is 20.3. The van der Waals surface area contributed by atoms with Crippen molar-refractivity contribution in [1.82, 2.24) is 20.0 Å². The molecular formula is C24H39ClIN5O. The van der Waals surface area contributed by atoms with Crippen molar-refractivity contribution in [3.8, 4) is 0 Å². The third-order valence-corrected chi connectivity index (χ3v) is 6.53. The topological polar surface area (TPSA) is 51.2 Å². The molecule has 2 heterocycles. The van der Waals surface area contributed by atoms with Crippen molar-refractivity contribution >= 4 is 47.4 Å². The van der Waals surface area contributed by atoms with Crippen LogP contribution in [0, 0.1) is 5.92 Å². The van der Waals surface area contributed by atoms with Crippen molar-refractivity contribution in [2.24, 2.45) is 10.9 Å². The SMILES string of the molecule is CCNC(=NCC1CCCN(C(C)C)C1)N1CCN(C(=O)Cc2cccc(Cl)c2)CC1.I. The fourth-order valence-corrected chi connectivity index (χ4v) is 4.67. The van der Waals surface area contributed by atoms with E-state index in [-0.39, 0.29) is 29.9 Å². The highest BCUT2D eigenvalue weighted by Crippen LogP contribution is 2.19. The van der Waals surface area contributed by atoms with Crippen molar-refractivity contribution in [1.29, 1.82) is 0 Å². The summed E-state index contributed by atoms with van der Waals surface area (Å²) in [6, 6.07) is 8.18. The van der Waals surface area contributed by atoms with Gasteiger partial charge >= 0.3 is 0 Å². The maximum absolute atomic E-state index is 12.7. The monoisotopic (exact) mass is 575 g/mol. The summed E-state index contributed by atoms with van der Waals surface area (Å²) in [5, 5.41) is 4.14. The van der Waals surface area contributed by atoms with Crippen LogP contribution in [0.5, 0.6) is 0 Å². The van der Waals surface area contributed by atoms with Crippen LogP contribution in [0.3, 0.4) is 0 Å². The minimum Gasteiger partial charge on any atom is -0.357 e. The zero-order valence-corrected chi connectivity index (χ0v) is 22.8. The van der Waals surface area contributed by atoms with E-state index in [0.29, 0.717) is 23.4 Å². The van der Waals surface area contributed by atoms with Crippen molar-refractivity contribution < 1.29 is 4.79 Å². The molecule has 0 radical (unpaired) electrons. The van der Waals surface area contributed by atoms with Crippen LogP contribution < -0.4 is 5.32 Å². The summed E-state index contributed by atoms with van der Waals surface area (Å²) < 4.78 is 0. The third-order valence-electron chi connectivity index (χ3n) is 6.29. The summed E-state index contributed by atoms with van der Waals surface area (Å²) in [6.45, 7) is 13.9. The lowest BCUT2D eigenvalue weighted by molar-refractivity contribution is -0.131. The third kappa shape index (κ3) is 8.06. The maximum Gasteiger partial charge on any atom is 0.227 e. The van der Waals surface area contributed by atoms with Crippen molar-refractivity contribution in [3.05, 3.63) is 34.9 Å². The molecule has 1 amide bonds. The highest BCUT2D eigenvalue weighted by atomic mass is 127. The first-order valence-corrected chi connectivity index (χ1v) is 12.1. The molecule has 0 saturated carbocycles. The molecule has 0 bridgehead atoms. The number of nitrogens with one attached hydrogen (secondary N) is 1. The van der Waals surface area contributed by atoms with Crippen LogP contribution in [0.25, 0.3) is 0 Å². The predicted molar refractivity (Wildman–Crippen MR) is 144 cm³/mol. The Morgan fingerprint density at radius 1 is 1.19 bits per heavy atom. The molecule has 1 atom stereocenters. The molecule has 2 aliphatic heterocycles. The second-order valence-corrected chi connectivity index (χ2v) is 9.40. The van der Waals surface area contributed by atoms with Gasteiger partial charge in [-0.3, -0.25) is 9.79 Å². The van der Waals surface area contributed by atoms with E-state index in [1.165, 1.54) is 19.4 Å². The molecule has 32 heavy (non-hydrogen) atoms. The standard InChI is InChI=1S/C24H38ClN5O.HI/c1-4-26-24(27-17-21-8-6-10-30(18-21)19(2)3)29-13-11-28(12-14-29)23(31)16-20-7-5-9-22(25)15-20;/h5,7,9,15,19,21H,4,6,8,10-14,16-18H2,1-3H3,(H,26,27);1H. The number of halogens is 2. The Hall–Kier alpha value is -1.06. The molecule has 0 spiro atoms. The molecule has 2 saturated heterocycles. The predicted octanol–water partition coefficient (Wildman–Crippen LogP) is 3.73. The van der Waals surface area contributed by atoms with Gasteiger partial charge in [-0.05, 0) is 63.8 Å². The number of guanidine groups is 1. The lowest BCUT2D eigenvalue weighted by Crippen LogP contribution is -2.54. The molecule has 2 fully saturated rings. The second kappa shape index (κ2) is 13.6. The number of rotatable bonds is 6. The lowest BCUT2D eigenvalue weighted by atomic mass is 9.97. The van der Waals surface area contributed by atoms with E-state index in [4.69, 9.17) is 16.6 Å². The highest BCUT2D eigenvalue weighted by molar-refractivity contribution is 14.0. The highest BCUT2D eigenvalue weighted by Gasteiger charge is 2.25. The summed E-state index contributed by atoms with van der Waals surface area (Å²) in [5.41, 5.74) is 0.970. The minimum atomic E-state index is 0. The molecule has 1 aromatic rings. The van der Waals surface area contributed by atoms with Gasteiger partial charge in [-0.1, -0.05) is 23.7 Å². The van der Waals surface area contributed by atoms with Gasteiger partial charge in [0.1, 0.15) is 0 Å². The number of amides is 1. The second-order valence-electron chi connectivity index (χ2n) is 8.97. The Labute approximate surface area is 215 Å². The number of nitrogens with zero attached hydrogens (tertiary/aromatic N) is 4. The molecule has 180 valence electrons. The number of benzene rings is 1. The number of carbonyl (C=O) groups is 1. The van der Waals surface area contributed by atoms with E-state index in [1.807, 2.05) is 29.2 Å². The minimum absolute atomic E-state index is 0. The van der Waals surface area contributed by atoms with Gasteiger partial charge in [0.15, 0.2) is 5.96 Å². The Balaban J connectivity index is 0.00000363. The number of carbonyl (C=O) groups excluding carboxylic acids is 1. The van der Waals surface area contributed by atoms with E-state index in [2.05, 4.69) is 35.9 Å². The van der Waals surface area contributed by atoms with Crippen LogP contribution in [0.15, 0.2) is 29.3 Å². The van der Waals surface area contributed by atoms with Gasteiger partial charge in [-0.2, -0.15) is 0 Å². The first-order valence-electron chi connectivity index (χ1n) is 11.8. The van der Waals surface area contributed by atoms with Crippen molar-refractivity contribution in [2.45, 2.75) is 46.1 Å². The van der Waals surface area contributed by atoms with E-state index in [1.54, 1.807) is 0 Å². The number of aliphatic imine (C=N–C) groups is 1. The summed E-state index contributed by atoms with van der Waals surface area (Å²) >= 11 is 6.05. The van der Waals surface area contributed by atoms with E-state index >= 15 is 0 Å². The Kier molecular flexibility index (Phi) is 11.6. The molecule has 8 heteroatoms. The Morgan fingerprint density at radius 3 is 2.56 bits per heavy atom. The molecule has 0 aromatic heterocycles. The molecule has 1 unspecified atom stereocenters. The van der Waals surface area contributed by atoms with Gasteiger partial charge in [0, 0.05) is 56.9 Å². The average molecular weight is 576 g/mol. The Bertz CT molecular complexity index is 752. The molecule has 6 nitrogen and oxygen atoms in total. The largest absolute Gasteiger partial charge is 0.357 e. The number of piperidine rings is 1. The van der Waals surface area contributed by atoms with E-state index in [9.17, 15) is 4.79 Å². The summed E-state index contributed by atoms with van der Waals surface area (Å²) in [7, 11) is 0. The van der Waals surface area contributed by atoms with Gasteiger partial charge in [-0.15, -0.1) is 24.0 Å². The van der Waals surface area contributed by atoms with Crippen LogP contribution >= 0.6 is 35.6 Å². The smallest absolute Gasteiger partial charge is 0.227 e. The van der Waals surface area contributed by atoms with Crippen molar-refractivity contribution in [3.63, 3.8) is 0 Å². The number of hydrogen-bond donors (Lipinski definition) is 1. The van der Waals surface area contributed by atoms with Gasteiger partial charge in [0.25, 0.3) is 0 Å². The molecule has 2 aliphatic rings. The van der Waals surface area contributed by atoms with Crippen LogP contribution in [0.2, 0.25) is 5.02 Å². The maximum atomic E-state index is 12.7. The van der Waals surface area contributed by atoms with Crippen molar-refractivity contribution in [2.75, 3.05) is 52.4 Å². The number of likely N-dealkylation sites (tertiary alicyclic amines) is 1. The summed E-state index contributed by atoms with van der Waals surface area (Å²) in [5.74, 6) is 1.79. The zero-order valence-electron chi connectivity index (χ0n) is 19.7. The van der Waals surface area contributed by atoms with Gasteiger partial charge in [-0.25, -0.2) is 0 Å². The molecule has 0 aliphatic carbocycles. The summed E-state index contributed by atoms with van der Waals surface area (Å²) in [4.78, 5) is 24.5. The number of piperazine rings is 1. The Morgan fingerprint density at radius 2 is 1.91 bits per heavy atom. The fourth-order valence-electron chi connectivity index (χ4n) is 4.46. The average Bonchev–Trinajstić information content (AvgIpc) is 2.77. The fraction of sp³-hybridized carbons (Fsp3) is 0.667. The van der Waals surface area contributed by atoms with Crippen LogP contribution in [0.1, 0.15) is 39.2 Å². The molecule has 3 rings (SSSR count). The summed E-state index contributed by atoms with van der Waals surface area (Å²) in [6.07, 6.45) is 2.93.